The highest BCUT2D eigenvalue weighted by Gasteiger charge is 2.07. The first-order chi connectivity index (χ1) is 8.60. The van der Waals surface area contributed by atoms with Crippen molar-refractivity contribution in [3.63, 3.8) is 0 Å². The molecule has 0 saturated carbocycles. The van der Waals surface area contributed by atoms with Crippen molar-refractivity contribution in [3.05, 3.63) is 40.1 Å². The van der Waals surface area contributed by atoms with Crippen LogP contribution >= 0.6 is 23.2 Å². The Hall–Kier alpha value is -1.36. The van der Waals surface area contributed by atoms with E-state index < -0.39 is 0 Å². The number of halogens is 2. The standard InChI is InChI=1S/C12H11Cl2N3O/c1-18-6-12-16-10(5-11(15)17-12)7-2-3-8(13)9(14)4-7/h2-5H,6H2,1H3,(H2,15,16,17). The molecule has 1 heterocycles. The van der Waals surface area contributed by atoms with Crippen LogP contribution in [0.3, 0.4) is 0 Å². The van der Waals surface area contributed by atoms with Gasteiger partial charge in [0.2, 0.25) is 0 Å². The van der Waals surface area contributed by atoms with Gasteiger partial charge in [-0.3, -0.25) is 0 Å². The van der Waals surface area contributed by atoms with Crippen LogP contribution in [0.5, 0.6) is 0 Å². The Balaban J connectivity index is 2.46. The maximum atomic E-state index is 5.97. The van der Waals surface area contributed by atoms with Crippen LogP contribution in [0.4, 0.5) is 5.82 Å². The van der Waals surface area contributed by atoms with Crippen LogP contribution in [0.1, 0.15) is 5.82 Å². The van der Waals surface area contributed by atoms with E-state index >= 15 is 0 Å². The average molecular weight is 284 g/mol. The largest absolute Gasteiger partial charge is 0.384 e. The van der Waals surface area contributed by atoms with E-state index in [1.54, 1.807) is 25.3 Å². The van der Waals surface area contributed by atoms with Crippen molar-refractivity contribution in [1.29, 1.82) is 0 Å². The van der Waals surface area contributed by atoms with Gasteiger partial charge in [-0.15, -0.1) is 0 Å². The lowest BCUT2D eigenvalue weighted by Crippen LogP contribution is -2.02. The number of ether oxygens (including phenoxy) is 1. The molecule has 0 radical (unpaired) electrons. The molecule has 94 valence electrons. The summed E-state index contributed by atoms with van der Waals surface area (Å²) in [6.07, 6.45) is 0. The molecule has 0 atom stereocenters. The molecular formula is C12H11Cl2N3O. The molecule has 0 unspecified atom stereocenters. The maximum Gasteiger partial charge on any atom is 0.157 e. The number of nitrogen functional groups attached to an aromatic ring is 1. The van der Waals surface area contributed by atoms with Crippen LogP contribution in [0.25, 0.3) is 11.3 Å². The molecule has 18 heavy (non-hydrogen) atoms. The van der Waals surface area contributed by atoms with E-state index in [1.807, 2.05) is 6.07 Å². The average Bonchev–Trinajstić information content (AvgIpc) is 2.32. The van der Waals surface area contributed by atoms with E-state index in [0.29, 0.717) is 34.0 Å². The molecule has 0 aliphatic carbocycles. The molecular weight excluding hydrogens is 273 g/mol. The van der Waals surface area contributed by atoms with E-state index in [-0.39, 0.29) is 0 Å². The van der Waals surface area contributed by atoms with E-state index in [0.717, 1.165) is 5.56 Å². The first-order valence-electron chi connectivity index (χ1n) is 5.18. The third-order valence-corrected chi connectivity index (χ3v) is 3.02. The van der Waals surface area contributed by atoms with Gasteiger partial charge in [-0.05, 0) is 12.1 Å². The van der Waals surface area contributed by atoms with E-state index in [2.05, 4.69) is 9.97 Å². The van der Waals surface area contributed by atoms with E-state index in [9.17, 15) is 0 Å². The second-order valence-electron chi connectivity index (χ2n) is 3.66. The third-order valence-electron chi connectivity index (χ3n) is 2.28. The number of hydrogen-bond acceptors (Lipinski definition) is 4. The lowest BCUT2D eigenvalue weighted by atomic mass is 10.1. The Kier molecular flexibility index (Phi) is 4.01. The number of rotatable bonds is 3. The molecule has 6 heteroatoms. The molecule has 2 N–H and O–H groups in total. The predicted molar refractivity (Wildman–Crippen MR) is 72.6 cm³/mol. The molecule has 0 bridgehead atoms. The smallest absolute Gasteiger partial charge is 0.157 e. The van der Waals surface area contributed by atoms with Gasteiger partial charge in [0.1, 0.15) is 12.4 Å². The molecule has 0 saturated heterocycles. The SMILES string of the molecule is COCc1nc(N)cc(-c2ccc(Cl)c(Cl)c2)n1. The number of nitrogens with zero attached hydrogens (tertiary/aromatic N) is 2. The summed E-state index contributed by atoms with van der Waals surface area (Å²) in [4.78, 5) is 8.42. The van der Waals surface area contributed by atoms with E-state index in [1.165, 1.54) is 0 Å². The molecule has 1 aromatic heterocycles. The highest BCUT2D eigenvalue weighted by molar-refractivity contribution is 6.42. The minimum Gasteiger partial charge on any atom is -0.384 e. The highest BCUT2D eigenvalue weighted by Crippen LogP contribution is 2.28. The Labute approximate surface area is 115 Å². The second kappa shape index (κ2) is 5.52. The molecule has 2 aromatic rings. The summed E-state index contributed by atoms with van der Waals surface area (Å²) in [5.74, 6) is 0.914. The van der Waals surface area contributed by atoms with Gasteiger partial charge < -0.3 is 10.5 Å². The maximum absolute atomic E-state index is 5.97. The number of methoxy groups -OCH3 is 1. The first-order valence-corrected chi connectivity index (χ1v) is 5.93. The summed E-state index contributed by atoms with van der Waals surface area (Å²) < 4.78 is 4.99. The molecule has 0 aliphatic rings. The van der Waals surface area contributed by atoms with Gasteiger partial charge in [0.25, 0.3) is 0 Å². The quantitative estimate of drug-likeness (QED) is 0.940. The fourth-order valence-corrected chi connectivity index (χ4v) is 1.81. The van der Waals surface area contributed by atoms with Gasteiger partial charge in [0.15, 0.2) is 5.82 Å². The van der Waals surface area contributed by atoms with Crippen molar-refractivity contribution in [2.45, 2.75) is 6.61 Å². The monoisotopic (exact) mass is 283 g/mol. The molecule has 0 aliphatic heterocycles. The van der Waals surface area contributed by atoms with Crippen LogP contribution < -0.4 is 5.73 Å². The van der Waals surface area contributed by atoms with Gasteiger partial charge >= 0.3 is 0 Å². The van der Waals surface area contributed by atoms with Gasteiger partial charge in [-0.1, -0.05) is 29.3 Å². The van der Waals surface area contributed by atoms with Crippen molar-refractivity contribution >= 4 is 29.0 Å². The first kappa shape index (κ1) is 13.1. The molecule has 0 fully saturated rings. The molecule has 0 amide bonds. The summed E-state index contributed by atoms with van der Waals surface area (Å²) in [6, 6.07) is 6.96. The van der Waals surface area contributed by atoms with Gasteiger partial charge in [-0.2, -0.15) is 0 Å². The summed E-state index contributed by atoms with van der Waals surface area (Å²) in [6.45, 7) is 0.305. The Morgan fingerprint density at radius 3 is 2.61 bits per heavy atom. The molecule has 4 nitrogen and oxygen atoms in total. The van der Waals surface area contributed by atoms with Crippen LogP contribution in [0, 0.1) is 0 Å². The fourth-order valence-electron chi connectivity index (χ4n) is 1.51. The Morgan fingerprint density at radius 2 is 1.94 bits per heavy atom. The number of hydrogen-bond donors (Lipinski definition) is 1. The third kappa shape index (κ3) is 2.90. The van der Waals surface area contributed by atoms with Crippen LogP contribution in [0.15, 0.2) is 24.3 Å². The zero-order valence-electron chi connectivity index (χ0n) is 9.65. The minimum absolute atomic E-state index is 0.305. The van der Waals surface area contributed by atoms with E-state index in [4.69, 9.17) is 33.7 Å². The summed E-state index contributed by atoms with van der Waals surface area (Å²) in [5.41, 5.74) is 7.25. The van der Waals surface area contributed by atoms with Crippen LogP contribution in [0.2, 0.25) is 10.0 Å². The molecule has 1 aromatic carbocycles. The normalized spacial score (nSPS) is 10.6. The van der Waals surface area contributed by atoms with Crippen LogP contribution in [-0.4, -0.2) is 17.1 Å². The summed E-state index contributed by atoms with van der Waals surface area (Å²) in [7, 11) is 1.57. The minimum atomic E-state index is 0.305. The lowest BCUT2D eigenvalue weighted by Gasteiger charge is -2.06. The second-order valence-corrected chi connectivity index (χ2v) is 4.47. The van der Waals surface area contributed by atoms with Crippen LogP contribution in [-0.2, 0) is 11.3 Å². The summed E-state index contributed by atoms with van der Waals surface area (Å²) >= 11 is 11.8. The van der Waals surface area contributed by atoms with Gasteiger partial charge in [-0.25, -0.2) is 9.97 Å². The topological polar surface area (TPSA) is 61.0 Å². The number of aromatic nitrogens is 2. The zero-order chi connectivity index (χ0) is 13.1. The zero-order valence-corrected chi connectivity index (χ0v) is 11.2. The Bertz CT molecular complexity index is 575. The fraction of sp³-hybridized carbons (Fsp3) is 0.167. The lowest BCUT2D eigenvalue weighted by molar-refractivity contribution is 0.178. The van der Waals surface area contributed by atoms with Crippen molar-refractivity contribution < 1.29 is 4.74 Å². The number of anilines is 1. The van der Waals surface area contributed by atoms with Gasteiger partial charge in [0, 0.05) is 18.7 Å². The van der Waals surface area contributed by atoms with Gasteiger partial charge in [0.05, 0.1) is 15.7 Å². The predicted octanol–water partition coefficient (Wildman–Crippen LogP) is 3.18. The number of nitrogens with two attached hydrogens (primary N) is 1. The number of benzene rings is 1. The van der Waals surface area contributed by atoms with Crippen molar-refractivity contribution in [2.75, 3.05) is 12.8 Å². The van der Waals surface area contributed by atoms with Crippen molar-refractivity contribution in [2.24, 2.45) is 0 Å². The summed E-state index contributed by atoms with van der Waals surface area (Å²) in [5, 5.41) is 0.971. The van der Waals surface area contributed by atoms with Crippen molar-refractivity contribution in [1.82, 2.24) is 9.97 Å². The molecule has 0 spiro atoms. The highest BCUT2D eigenvalue weighted by atomic mass is 35.5. The Morgan fingerprint density at radius 1 is 1.17 bits per heavy atom. The van der Waals surface area contributed by atoms with Crippen molar-refractivity contribution in [3.8, 4) is 11.3 Å². The molecule has 2 rings (SSSR count).